The first kappa shape index (κ1) is 49.0. The van der Waals surface area contributed by atoms with E-state index in [-0.39, 0.29) is 28.1 Å². The fourth-order valence-electron chi connectivity index (χ4n) is 8.11. The fourth-order valence-corrected chi connectivity index (χ4v) is 8.11. The number of piperazine rings is 3. The number of hydrogen-bond donors (Lipinski definition) is 0. The Morgan fingerprint density at radius 3 is 0.885 bits per heavy atom. The van der Waals surface area contributed by atoms with E-state index in [0.29, 0.717) is 0 Å². The van der Waals surface area contributed by atoms with Crippen molar-refractivity contribution >= 4 is 28.9 Å². The molecule has 61 heavy (non-hydrogen) atoms. The van der Waals surface area contributed by atoms with E-state index in [1.54, 1.807) is 35.2 Å². The Bertz CT molecular complexity index is 1790. The number of methoxy groups -OCH3 is 3. The van der Waals surface area contributed by atoms with Crippen LogP contribution in [0.3, 0.4) is 0 Å². The van der Waals surface area contributed by atoms with Crippen molar-refractivity contribution in [3.05, 3.63) is 71.3 Å². The largest absolute Gasteiger partial charge is 0.496 e. The van der Waals surface area contributed by atoms with Crippen LogP contribution in [0, 0.1) is 0 Å². The van der Waals surface area contributed by atoms with Crippen LogP contribution in [0.2, 0.25) is 0 Å². The minimum Gasteiger partial charge on any atom is -0.496 e. The standard InChI is InChI=1S/2C17H26N2O2.C16H26N2O/c2*1-13(20)18-8-10-19(11-9-18)14-6-7-15(17(2,3)4)16(12-14)21-5;1-16(2,3)14-7-6-13(12-15(14)19-5)18-10-8-17(4)9-11-18/h2*6-7,12H,8-11H2,1-5H3;6-7,12H,8-11H2,1-5H3. The van der Waals surface area contributed by atoms with Crippen LogP contribution >= 0.6 is 0 Å². The quantitative estimate of drug-likeness (QED) is 0.245. The van der Waals surface area contributed by atoms with Crippen molar-refractivity contribution in [1.82, 2.24) is 14.7 Å². The van der Waals surface area contributed by atoms with Gasteiger partial charge in [-0.15, -0.1) is 0 Å². The number of amides is 2. The Labute approximate surface area is 368 Å². The number of rotatable bonds is 6. The van der Waals surface area contributed by atoms with Crippen molar-refractivity contribution in [2.45, 2.75) is 92.4 Å². The van der Waals surface area contributed by atoms with Gasteiger partial charge in [-0.25, -0.2) is 0 Å². The van der Waals surface area contributed by atoms with E-state index < -0.39 is 0 Å². The van der Waals surface area contributed by atoms with Crippen molar-refractivity contribution in [2.75, 3.05) is 122 Å². The Kier molecular flexibility index (Phi) is 16.8. The van der Waals surface area contributed by atoms with Gasteiger partial charge < -0.3 is 43.6 Å². The third-order valence-corrected chi connectivity index (χ3v) is 12.0. The number of likely N-dealkylation sites (N-methyl/N-ethyl adjacent to an activating group) is 1. The summed E-state index contributed by atoms with van der Waals surface area (Å²) in [4.78, 5) is 36.0. The van der Waals surface area contributed by atoms with Crippen molar-refractivity contribution < 1.29 is 23.8 Å². The predicted octanol–water partition coefficient (Wildman–Crippen LogP) is 8.07. The van der Waals surface area contributed by atoms with Gasteiger partial charge in [-0.1, -0.05) is 80.5 Å². The maximum absolute atomic E-state index is 11.4. The van der Waals surface area contributed by atoms with Gasteiger partial charge in [0, 0.05) is 128 Å². The second-order valence-corrected chi connectivity index (χ2v) is 19.7. The van der Waals surface area contributed by atoms with E-state index in [4.69, 9.17) is 14.2 Å². The van der Waals surface area contributed by atoms with Gasteiger partial charge >= 0.3 is 0 Å². The van der Waals surface area contributed by atoms with E-state index in [1.807, 2.05) is 9.80 Å². The molecule has 3 heterocycles. The molecular formula is C50H78N6O5. The first-order valence-corrected chi connectivity index (χ1v) is 22.1. The summed E-state index contributed by atoms with van der Waals surface area (Å²) < 4.78 is 16.7. The predicted molar refractivity (Wildman–Crippen MR) is 254 cm³/mol. The number of carbonyl (C=O) groups is 2. The zero-order valence-corrected chi connectivity index (χ0v) is 40.4. The van der Waals surface area contributed by atoms with Crippen molar-refractivity contribution in [3.63, 3.8) is 0 Å². The average molecular weight is 843 g/mol. The van der Waals surface area contributed by atoms with E-state index >= 15 is 0 Å². The first-order chi connectivity index (χ1) is 28.6. The van der Waals surface area contributed by atoms with Crippen LogP contribution in [0.25, 0.3) is 0 Å². The molecule has 0 unspecified atom stereocenters. The van der Waals surface area contributed by atoms with E-state index in [2.05, 4.69) is 144 Å². The highest BCUT2D eigenvalue weighted by Gasteiger charge is 2.25. The molecule has 0 saturated carbocycles. The maximum atomic E-state index is 11.4. The van der Waals surface area contributed by atoms with Crippen molar-refractivity contribution in [1.29, 1.82) is 0 Å². The van der Waals surface area contributed by atoms with Crippen LogP contribution in [0.4, 0.5) is 17.1 Å². The van der Waals surface area contributed by atoms with E-state index in [1.165, 1.54) is 33.8 Å². The van der Waals surface area contributed by atoms with Gasteiger partial charge in [0.25, 0.3) is 0 Å². The number of carbonyl (C=O) groups excluding carboxylic acids is 2. The smallest absolute Gasteiger partial charge is 0.219 e. The minimum atomic E-state index is 0.0667. The second-order valence-electron chi connectivity index (χ2n) is 19.7. The van der Waals surface area contributed by atoms with E-state index in [9.17, 15) is 9.59 Å². The lowest BCUT2D eigenvalue weighted by Crippen LogP contribution is -2.48. The molecule has 0 aliphatic carbocycles. The molecule has 6 rings (SSSR count). The molecule has 0 radical (unpaired) electrons. The molecule has 338 valence electrons. The van der Waals surface area contributed by atoms with Gasteiger partial charge in [0.1, 0.15) is 17.2 Å². The third kappa shape index (κ3) is 13.4. The minimum absolute atomic E-state index is 0.0667. The zero-order chi connectivity index (χ0) is 45.3. The van der Waals surface area contributed by atoms with Crippen molar-refractivity contribution in [3.8, 4) is 17.2 Å². The molecule has 0 aromatic heterocycles. The van der Waals surface area contributed by atoms with Crippen LogP contribution in [0.15, 0.2) is 54.6 Å². The van der Waals surface area contributed by atoms with Crippen molar-refractivity contribution in [2.24, 2.45) is 0 Å². The molecule has 3 aliphatic rings. The molecule has 0 bridgehead atoms. The molecule has 3 fully saturated rings. The van der Waals surface area contributed by atoms with Gasteiger partial charge in [-0.2, -0.15) is 0 Å². The Morgan fingerprint density at radius 1 is 0.426 bits per heavy atom. The van der Waals surface area contributed by atoms with Gasteiger partial charge in [0.2, 0.25) is 11.8 Å². The van der Waals surface area contributed by atoms with Crippen LogP contribution < -0.4 is 28.9 Å². The van der Waals surface area contributed by atoms with Crippen LogP contribution in [0.5, 0.6) is 17.2 Å². The molecule has 3 aliphatic heterocycles. The third-order valence-electron chi connectivity index (χ3n) is 12.0. The Morgan fingerprint density at radius 2 is 0.672 bits per heavy atom. The molecule has 3 aromatic rings. The highest BCUT2D eigenvalue weighted by molar-refractivity contribution is 5.74. The van der Waals surface area contributed by atoms with Crippen LogP contribution in [-0.2, 0) is 25.8 Å². The highest BCUT2D eigenvalue weighted by atomic mass is 16.5. The summed E-state index contributed by atoms with van der Waals surface area (Å²) >= 11 is 0. The maximum Gasteiger partial charge on any atom is 0.219 e. The number of ether oxygens (including phenoxy) is 3. The normalized spacial score (nSPS) is 16.5. The van der Waals surface area contributed by atoms with Crippen LogP contribution in [-0.4, -0.2) is 133 Å². The second kappa shape index (κ2) is 21.0. The summed E-state index contributed by atoms with van der Waals surface area (Å²) in [7, 11) is 7.39. The van der Waals surface area contributed by atoms with Gasteiger partial charge in [0.05, 0.1) is 21.3 Å². The topological polar surface area (TPSA) is 81.3 Å². The lowest BCUT2D eigenvalue weighted by atomic mass is 9.86. The number of benzene rings is 3. The summed E-state index contributed by atoms with van der Waals surface area (Å²) in [6.07, 6.45) is 0. The molecule has 0 N–H and O–H groups in total. The monoisotopic (exact) mass is 843 g/mol. The highest BCUT2D eigenvalue weighted by Crippen LogP contribution is 2.37. The molecule has 11 nitrogen and oxygen atoms in total. The molecule has 2 amide bonds. The first-order valence-electron chi connectivity index (χ1n) is 22.1. The summed E-state index contributed by atoms with van der Waals surface area (Å²) in [5.74, 6) is 3.21. The molecule has 0 spiro atoms. The Balaban J connectivity index is 0.000000202. The fraction of sp³-hybridized carbons (Fsp3) is 0.600. The summed E-state index contributed by atoms with van der Waals surface area (Å²) in [6.45, 7) is 34.2. The lowest BCUT2D eigenvalue weighted by molar-refractivity contribution is -0.129. The molecule has 3 aromatic carbocycles. The molecule has 3 saturated heterocycles. The SMILES string of the molecule is COc1cc(N2CCN(C(C)=O)CC2)ccc1C(C)(C)C.COc1cc(N2CCN(C(C)=O)CC2)ccc1C(C)(C)C.COc1cc(N2CCN(C)CC2)ccc1C(C)(C)C. The van der Waals surface area contributed by atoms with E-state index in [0.717, 1.165) is 95.8 Å². The summed E-state index contributed by atoms with van der Waals surface area (Å²) in [5.41, 5.74) is 7.57. The number of anilines is 3. The molecule has 11 heteroatoms. The number of hydrogen-bond acceptors (Lipinski definition) is 9. The van der Waals surface area contributed by atoms with Gasteiger partial charge in [-0.05, 0) is 58.2 Å². The van der Waals surface area contributed by atoms with Gasteiger partial charge in [-0.3, -0.25) is 9.59 Å². The van der Waals surface area contributed by atoms with Gasteiger partial charge in [0.15, 0.2) is 0 Å². The lowest BCUT2D eigenvalue weighted by Gasteiger charge is -2.36. The summed E-state index contributed by atoms with van der Waals surface area (Å²) in [5, 5.41) is 0. The Hall–Kier alpha value is -4.64. The zero-order valence-electron chi connectivity index (χ0n) is 40.4. The average Bonchev–Trinajstić information content (AvgIpc) is 3.22. The summed E-state index contributed by atoms with van der Waals surface area (Å²) in [6, 6.07) is 19.5. The van der Waals surface area contributed by atoms with Crippen LogP contribution in [0.1, 0.15) is 92.9 Å². The molecule has 0 atom stereocenters. The molecular weight excluding hydrogens is 765 g/mol. The number of nitrogens with zero attached hydrogens (tertiary/aromatic N) is 6.